The van der Waals surface area contributed by atoms with Gasteiger partial charge < -0.3 is 4.98 Å². The molecule has 0 radical (unpaired) electrons. The molecule has 1 saturated carbocycles. The molecule has 1 aliphatic heterocycles. The van der Waals surface area contributed by atoms with Crippen LogP contribution in [-0.2, 0) is 19.5 Å². The molecule has 0 atom stereocenters. The van der Waals surface area contributed by atoms with E-state index in [-0.39, 0.29) is 5.56 Å². The molecule has 2 aromatic rings. The summed E-state index contributed by atoms with van der Waals surface area (Å²) in [5.74, 6) is 1.41. The van der Waals surface area contributed by atoms with E-state index in [1.807, 2.05) is 0 Å². The number of hydrogen-bond donors (Lipinski definition) is 1. The van der Waals surface area contributed by atoms with Crippen LogP contribution in [0.15, 0.2) is 34.0 Å². The summed E-state index contributed by atoms with van der Waals surface area (Å²) in [5.41, 5.74) is 3.25. The van der Waals surface area contributed by atoms with Gasteiger partial charge in [-0.05, 0) is 36.8 Å². The number of rotatable bonds is 4. The molecular formula is C18H21N3OS. The highest BCUT2D eigenvalue weighted by molar-refractivity contribution is 7.98. The standard InChI is InChI=1S/C18H21N3OS/c1-23-14-6-2-12(3-7-14)10-21-9-8-16-15(11-21)18(22)20-17(19-16)13-4-5-13/h2-3,6-7,13H,4-5,8-11H2,1H3,(H,19,20,22). The van der Waals surface area contributed by atoms with Crippen molar-refractivity contribution in [1.29, 1.82) is 0 Å². The number of hydrogen-bond acceptors (Lipinski definition) is 4. The maximum atomic E-state index is 12.4. The minimum atomic E-state index is 0.0688. The molecule has 0 unspecified atom stereocenters. The van der Waals surface area contributed by atoms with Crippen LogP contribution in [0, 0.1) is 0 Å². The Bertz CT molecular complexity index is 765. The Morgan fingerprint density at radius 1 is 1.30 bits per heavy atom. The number of aromatic nitrogens is 2. The average Bonchev–Trinajstić information content (AvgIpc) is 3.41. The van der Waals surface area contributed by atoms with Gasteiger partial charge >= 0.3 is 0 Å². The molecule has 1 aromatic heterocycles. The molecule has 0 spiro atoms. The van der Waals surface area contributed by atoms with Gasteiger partial charge in [-0.3, -0.25) is 9.69 Å². The van der Waals surface area contributed by atoms with E-state index in [0.29, 0.717) is 12.5 Å². The van der Waals surface area contributed by atoms with Crippen LogP contribution < -0.4 is 5.56 Å². The van der Waals surface area contributed by atoms with E-state index >= 15 is 0 Å². The molecule has 4 rings (SSSR count). The van der Waals surface area contributed by atoms with Gasteiger partial charge in [0.05, 0.1) is 11.3 Å². The molecule has 23 heavy (non-hydrogen) atoms. The second kappa shape index (κ2) is 6.13. The van der Waals surface area contributed by atoms with Crippen molar-refractivity contribution in [3.8, 4) is 0 Å². The molecule has 5 heteroatoms. The molecule has 1 aliphatic carbocycles. The van der Waals surface area contributed by atoms with Crippen molar-refractivity contribution < 1.29 is 0 Å². The number of aromatic amines is 1. The first-order valence-corrected chi connectivity index (χ1v) is 9.42. The van der Waals surface area contributed by atoms with Crippen LogP contribution in [0.4, 0.5) is 0 Å². The second-order valence-electron chi connectivity index (χ2n) is 6.46. The van der Waals surface area contributed by atoms with Gasteiger partial charge in [0, 0.05) is 36.9 Å². The normalized spacial score (nSPS) is 18.0. The van der Waals surface area contributed by atoms with Gasteiger partial charge in [-0.15, -0.1) is 11.8 Å². The first-order valence-electron chi connectivity index (χ1n) is 8.20. The fraction of sp³-hybridized carbons (Fsp3) is 0.444. The number of fused-ring (bicyclic) bond motifs is 1. The third-order valence-corrected chi connectivity index (χ3v) is 5.44. The molecule has 1 aromatic carbocycles. The average molecular weight is 327 g/mol. The summed E-state index contributed by atoms with van der Waals surface area (Å²) in [6.07, 6.45) is 5.30. The quantitative estimate of drug-likeness (QED) is 0.877. The van der Waals surface area contributed by atoms with Crippen LogP contribution in [0.3, 0.4) is 0 Å². The Labute approximate surface area is 140 Å². The molecule has 2 aliphatic rings. The second-order valence-corrected chi connectivity index (χ2v) is 7.34. The van der Waals surface area contributed by atoms with Crippen molar-refractivity contribution in [1.82, 2.24) is 14.9 Å². The number of nitrogens with zero attached hydrogens (tertiary/aromatic N) is 2. The molecule has 0 amide bonds. The lowest BCUT2D eigenvalue weighted by molar-refractivity contribution is 0.241. The predicted octanol–water partition coefficient (Wildman–Crippen LogP) is 2.93. The molecule has 0 saturated heterocycles. The third-order valence-electron chi connectivity index (χ3n) is 4.70. The third kappa shape index (κ3) is 3.21. The SMILES string of the molecule is CSc1ccc(CN2CCc3nc(C4CC4)[nH]c(=O)c3C2)cc1. The summed E-state index contributed by atoms with van der Waals surface area (Å²) in [5, 5.41) is 0. The molecule has 2 heterocycles. The summed E-state index contributed by atoms with van der Waals surface area (Å²) in [4.78, 5) is 23.7. The van der Waals surface area contributed by atoms with Crippen LogP contribution in [0.1, 0.15) is 41.4 Å². The number of thioether (sulfide) groups is 1. The van der Waals surface area contributed by atoms with Crippen LogP contribution in [-0.4, -0.2) is 27.7 Å². The van der Waals surface area contributed by atoms with Crippen LogP contribution in [0.5, 0.6) is 0 Å². The topological polar surface area (TPSA) is 49.0 Å². The molecular weight excluding hydrogens is 306 g/mol. The van der Waals surface area contributed by atoms with Crippen LogP contribution in [0.25, 0.3) is 0 Å². The summed E-state index contributed by atoms with van der Waals surface area (Å²) in [7, 11) is 0. The highest BCUT2D eigenvalue weighted by Gasteiger charge is 2.29. The lowest BCUT2D eigenvalue weighted by Crippen LogP contribution is -2.35. The van der Waals surface area contributed by atoms with Crippen molar-refractivity contribution in [2.24, 2.45) is 0 Å². The minimum absolute atomic E-state index is 0.0688. The Morgan fingerprint density at radius 2 is 2.09 bits per heavy atom. The monoisotopic (exact) mass is 327 g/mol. The summed E-state index contributed by atoms with van der Waals surface area (Å²) < 4.78 is 0. The number of H-pyrrole nitrogens is 1. The molecule has 120 valence electrons. The van der Waals surface area contributed by atoms with Crippen LogP contribution in [0.2, 0.25) is 0 Å². The first-order chi connectivity index (χ1) is 11.2. The fourth-order valence-corrected chi connectivity index (χ4v) is 3.58. The first kappa shape index (κ1) is 15.0. The van der Waals surface area contributed by atoms with Gasteiger partial charge in [0.1, 0.15) is 5.82 Å². The predicted molar refractivity (Wildman–Crippen MR) is 92.9 cm³/mol. The van der Waals surface area contributed by atoms with Crippen molar-refractivity contribution in [3.05, 3.63) is 57.3 Å². The van der Waals surface area contributed by atoms with Gasteiger partial charge in [-0.2, -0.15) is 0 Å². The van der Waals surface area contributed by atoms with E-state index < -0.39 is 0 Å². The zero-order valence-electron chi connectivity index (χ0n) is 13.3. The minimum Gasteiger partial charge on any atom is -0.310 e. The van der Waals surface area contributed by atoms with E-state index in [9.17, 15) is 4.79 Å². The van der Waals surface area contributed by atoms with E-state index in [2.05, 4.69) is 40.4 Å². The summed E-state index contributed by atoms with van der Waals surface area (Å²) in [6, 6.07) is 8.68. The smallest absolute Gasteiger partial charge is 0.255 e. The maximum absolute atomic E-state index is 12.4. The van der Waals surface area contributed by atoms with E-state index in [4.69, 9.17) is 4.98 Å². The van der Waals surface area contributed by atoms with Crippen molar-refractivity contribution in [2.75, 3.05) is 12.8 Å². The molecule has 1 N–H and O–H groups in total. The lowest BCUT2D eigenvalue weighted by atomic mass is 10.1. The molecule has 0 bridgehead atoms. The summed E-state index contributed by atoms with van der Waals surface area (Å²) >= 11 is 1.76. The number of nitrogens with one attached hydrogen (secondary N) is 1. The maximum Gasteiger partial charge on any atom is 0.255 e. The van der Waals surface area contributed by atoms with Crippen molar-refractivity contribution >= 4 is 11.8 Å². The zero-order chi connectivity index (χ0) is 15.8. The Hall–Kier alpha value is -1.59. The zero-order valence-corrected chi connectivity index (χ0v) is 14.2. The summed E-state index contributed by atoms with van der Waals surface area (Å²) in [6.45, 7) is 2.56. The highest BCUT2D eigenvalue weighted by atomic mass is 32.2. The van der Waals surface area contributed by atoms with E-state index in [1.165, 1.54) is 23.3 Å². The van der Waals surface area contributed by atoms with Crippen molar-refractivity contribution in [3.63, 3.8) is 0 Å². The molecule has 4 nitrogen and oxygen atoms in total. The van der Waals surface area contributed by atoms with Crippen molar-refractivity contribution in [2.45, 2.75) is 43.2 Å². The fourth-order valence-electron chi connectivity index (χ4n) is 3.17. The Morgan fingerprint density at radius 3 is 2.78 bits per heavy atom. The van der Waals surface area contributed by atoms with Gasteiger partial charge in [0.25, 0.3) is 5.56 Å². The molecule has 1 fully saturated rings. The van der Waals surface area contributed by atoms with Gasteiger partial charge in [-0.1, -0.05) is 12.1 Å². The number of benzene rings is 1. The highest BCUT2D eigenvalue weighted by Crippen LogP contribution is 2.37. The van der Waals surface area contributed by atoms with E-state index in [0.717, 1.165) is 36.6 Å². The van der Waals surface area contributed by atoms with Gasteiger partial charge in [-0.25, -0.2) is 4.98 Å². The Balaban J connectivity index is 1.50. The Kier molecular flexibility index (Phi) is 3.99. The largest absolute Gasteiger partial charge is 0.310 e. The van der Waals surface area contributed by atoms with Gasteiger partial charge in [0.2, 0.25) is 0 Å². The lowest BCUT2D eigenvalue weighted by Gasteiger charge is -2.27. The van der Waals surface area contributed by atoms with E-state index in [1.54, 1.807) is 11.8 Å². The van der Waals surface area contributed by atoms with Gasteiger partial charge in [0.15, 0.2) is 0 Å². The van der Waals surface area contributed by atoms with Crippen LogP contribution >= 0.6 is 11.8 Å².